The maximum absolute atomic E-state index is 11.8. The molecule has 0 saturated carbocycles. The van der Waals surface area contributed by atoms with Gasteiger partial charge in [-0.15, -0.1) is 11.3 Å². The van der Waals surface area contributed by atoms with E-state index in [4.69, 9.17) is 5.73 Å². The molecule has 0 unspecified atom stereocenters. The molecule has 1 heterocycles. The smallest absolute Gasteiger partial charge is 0.319 e. The molecule has 0 aliphatic heterocycles. The standard InChI is InChI=1S/C15H17N3O2S/c16-14(19)10-11-4-1-2-6-13(11)18-15(20)17-8-7-12-5-3-9-21-12/h1-6,9H,7-8,10H2,(H2,16,19)(H2,17,18,20). The second-order valence-corrected chi connectivity index (χ2v) is 5.54. The van der Waals surface area contributed by atoms with Gasteiger partial charge in [-0.2, -0.15) is 0 Å². The molecule has 0 fully saturated rings. The van der Waals surface area contributed by atoms with Crippen LogP contribution in [0.4, 0.5) is 10.5 Å². The Labute approximate surface area is 127 Å². The molecule has 2 aromatic rings. The van der Waals surface area contributed by atoms with Crippen LogP contribution in [0.5, 0.6) is 0 Å². The number of urea groups is 1. The fourth-order valence-electron chi connectivity index (χ4n) is 1.90. The average Bonchev–Trinajstić information content (AvgIpc) is 2.93. The van der Waals surface area contributed by atoms with E-state index in [1.807, 2.05) is 17.5 Å². The van der Waals surface area contributed by atoms with E-state index < -0.39 is 5.91 Å². The van der Waals surface area contributed by atoms with Crippen molar-refractivity contribution in [3.8, 4) is 0 Å². The summed E-state index contributed by atoms with van der Waals surface area (Å²) in [6.45, 7) is 0.560. The summed E-state index contributed by atoms with van der Waals surface area (Å²) in [7, 11) is 0. The molecule has 6 heteroatoms. The van der Waals surface area contributed by atoms with Gasteiger partial charge in [0.05, 0.1) is 6.42 Å². The Morgan fingerprint density at radius 2 is 1.95 bits per heavy atom. The van der Waals surface area contributed by atoms with E-state index in [2.05, 4.69) is 10.6 Å². The number of nitrogens with two attached hydrogens (primary N) is 1. The number of anilines is 1. The lowest BCUT2D eigenvalue weighted by Gasteiger charge is -2.10. The van der Waals surface area contributed by atoms with Crippen LogP contribution in [0.15, 0.2) is 41.8 Å². The van der Waals surface area contributed by atoms with Gasteiger partial charge in [0.15, 0.2) is 0 Å². The number of primary amides is 1. The minimum Gasteiger partial charge on any atom is -0.369 e. The van der Waals surface area contributed by atoms with Crippen molar-refractivity contribution in [3.63, 3.8) is 0 Å². The van der Waals surface area contributed by atoms with Gasteiger partial charge in [-0.05, 0) is 29.5 Å². The number of thiophene rings is 1. The van der Waals surface area contributed by atoms with Crippen LogP contribution >= 0.6 is 11.3 Å². The number of rotatable bonds is 6. The molecule has 3 amide bonds. The Hall–Kier alpha value is -2.34. The molecule has 0 aliphatic carbocycles. The summed E-state index contributed by atoms with van der Waals surface area (Å²) in [6, 6.07) is 10.9. The highest BCUT2D eigenvalue weighted by Gasteiger charge is 2.08. The van der Waals surface area contributed by atoms with Crippen molar-refractivity contribution in [2.24, 2.45) is 5.73 Å². The number of carbonyl (C=O) groups excluding carboxylic acids is 2. The Kier molecular flexibility index (Phi) is 5.34. The van der Waals surface area contributed by atoms with E-state index in [0.29, 0.717) is 17.8 Å². The molecule has 4 N–H and O–H groups in total. The molecule has 110 valence electrons. The number of hydrogen-bond acceptors (Lipinski definition) is 3. The highest BCUT2D eigenvalue weighted by atomic mass is 32.1. The lowest BCUT2D eigenvalue weighted by molar-refractivity contribution is -0.117. The van der Waals surface area contributed by atoms with Gasteiger partial charge in [0.1, 0.15) is 0 Å². The van der Waals surface area contributed by atoms with Crippen molar-refractivity contribution in [2.45, 2.75) is 12.8 Å². The Balaban J connectivity index is 1.86. The summed E-state index contributed by atoms with van der Waals surface area (Å²) in [5.74, 6) is -0.428. The minimum atomic E-state index is -0.428. The van der Waals surface area contributed by atoms with Gasteiger partial charge in [0.2, 0.25) is 5.91 Å². The lowest BCUT2D eigenvalue weighted by atomic mass is 10.1. The first-order valence-corrected chi connectivity index (χ1v) is 7.46. The Bertz CT molecular complexity index is 611. The second-order valence-electron chi connectivity index (χ2n) is 4.51. The molecule has 1 aromatic heterocycles. The minimum absolute atomic E-state index is 0.103. The number of carbonyl (C=O) groups is 2. The fraction of sp³-hybridized carbons (Fsp3) is 0.200. The van der Waals surface area contributed by atoms with E-state index >= 15 is 0 Å². The molecular weight excluding hydrogens is 286 g/mol. The van der Waals surface area contributed by atoms with Crippen LogP contribution in [0.2, 0.25) is 0 Å². The van der Waals surface area contributed by atoms with Gasteiger partial charge in [-0.3, -0.25) is 4.79 Å². The Morgan fingerprint density at radius 3 is 2.67 bits per heavy atom. The van der Waals surface area contributed by atoms with Crippen LogP contribution in [0.3, 0.4) is 0 Å². The summed E-state index contributed by atoms with van der Waals surface area (Å²) in [6.07, 6.45) is 0.902. The Morgan fingerprint density at radius 1 is 1.14 bits per heavy atom. The van der Waals surface area contributed by atoms with E-state index in [1.54, 1.807) is 35.6 Å². The van der Waals surface area contributed by atoms with Crippen LogP contribution in [0.1, 0.15) is 10.4 Å². The maximum Gasteiger partial charge on any atom is 0.319 e. The summed E-state index contributed by atoms with van der Waals surface area (Å²) in [4.78, 5) is 24.1. The quantitative estimate of drug-likeness (QED) is 0.764. The summed E-state index contributed by atoms with van der Waals surface area (Å²) in [5, 5.41) is 7.54. The van der Waals surface area contributed by atoms with Gasteiger partial charge in [-0.25, -0.2) is 4.79 Å². The predicted octanol–water partition coefficient (Wildman–Crippen LogP) is 2.14. The van der Waals surface area contributed by atoms with E-state index in [1.165, 1.54) is 4.88 Å². The van der Waals surface area contributed by atoms with Crippen LogP contribution in [0, 0.1) is 0 Å². The largest absolute Gasteiger partial charge is 0.369 e. The molecule has 5 nitrogen and oxygen atoms in total. The van der Waals surface area contributed by atoms with Gasteiger partial charge < -0.3 is 16.4 Å². The second kappa shape index (κ2) is 7.44. The zero-order chi connectivity index (χ0) is 15.1. The predicted molar refractivity (Wildman–Crippen MR) is 84.4 cm³/mol. The van der Waals surface area contributed by atoms with Crippen molar-refractivity contribution >= 4 is 29.0 Å². The first-order chi connectivity index (χ1) is 10.1. The van der Waals surface area contributed by atoms with Crippen molar-refractivity contribution in [3.05, 3.63) is 52.2 Å². The van der Waals surface area contributed by atoms with Gasteiger partial charge in [-0.1, -0.05) is 24.3 Å². The summed E-state index contributed by atoms with van der Waals surface area (Å²) < 4.78 is 0. The first kappa shape index (κ1) is 15.1. The summed E-state index contributed by atoms with van der Waals surface area (Å²) >= 11 is 1.66. The first-order valence-electron chi connectivity index (χ1n) is 6.58. The lowest BCUT2D eigenvalue weighted by Crippen LogP contribution is -2.31. The molecule has 0 radical (unpaired) electrons. The van der Waals surface area contributed by atoms with Crippen molar-refractivity contribution in [1.82, 2.24) is 5.32 Å². The SMILES string of the molecule is NC(=O)Cc1ccccc1NC(=O)NCCc1cccs1. The molecule has 0 saturated heterocycles. The number of hydrogen-bond donors (Lipinski definition) is 3. The van der Waals surface area contributed by atoms with Gasteiger partial charge in [0.25, 0.3) is 0 Å². The zero-order valence-corrected chi connectivity index (χ0v) is 12.3. The molecule has 0 bridgehead atoms. The topological polar surface area (TPSA) is 84.2 Å². The number of para-hydroxylation sites is 1. The summed E-state index contributed by atoms with van der Waals surface area (Å²) in [5.41, 5.74) is 6.50. The average molecular weight is 303 g/mol. The van der Waals surface area contributed by atoms with Crippen LogP contribution in [-0.4, -0.2) is 18.5 Å². The maximum atomic E-state index is 11.8. The third-order valence-electron chi connectivity index (χ3n) is 2.87. The number of amides is 3. The highest BCUT2D eigenvalue weighted by Crippen LogP contribution is 2.15. The van der Waals surface area contributed by atoms with Gasteiger partial charge in [0, 0.05) is 17.1 Å². The number of benzene rings is 1. The molecule has 2 rings (SSSR count). The molecule has 0 aliphatic rings. The number of nitrogens with one attached hydrogen (secondary N) is 2. The van der Waals surface area contributed by atoms with Crippen LogP contribution in [0.25, 0.3) is 0 Å². The molecule has 21 heavy (non-hydrogen) atoms. The van der Waals surface area contributed by atoms with E-state index in [0.717, 1.165) is 6.42 Å². The van der Waals surface area contributed by atoms with Crippen LogP contribution in [-0.2, 0) is 17.6 Å². The van der Waals surface area contributed by atoms with E-state index in [-0.39, 0.29) is 12.5 Å². The zero-order valence-electron chi connectivity index (χ0n) is 11.5. The normalized spacial score (nSPS) is 10.1. The van der Waals surface area contributed by atoms with E-state index in [9.17, 15) is 9.59 Å². The third kappa shape index (κ3) is 4.92. The molecule has 0 spiro atoms. The van der Waals surface area contributed by atoms with Crippen molar-refractivity contribution in [2.75, 3.05) is 11.9 Å². The monoisotopic (exact) mass is 303 g/mol. The third-order valence-corrected chi connectivity index (χ3v) is 3.80. The van der Waals surface area contributed by atoms with Crippen molar-refractivity contribution in [1.29, 1.82) is 0 Å². The molecular formula is C15H17N3O2S. The molecule has 0 atom stereocenters. The van der Waals surface area contributed by atoms with Crippen LogP contribution < -0.4 is 16.4 Å². The van der Waals surface area contributed by atoms with Gasteiger partial charge >= 0.3 is 6.03 Å². The molecule has 1 aromatic carbocycles. The fourth-order valence-corrected chi connectivity index (χ4v) is 2.61. The highest BCUT2D eigenvalue weighted by molar-refractivity contribution is 7.09. The van der Waals surface area contributed by atoms with Crippen molar-refractivity contribution < 1.29 is 9.59 Å².